The van der Waals surface area contributed by atoms with Gasteiger partial charge in [0.2, 0.25) is 0 Å². The summed E-state index contributed by atoms with van der Waals surface area (Å²) >= 11 is 0. The van der Waals surface area contributed by atoms with E-state index >= 15 is 0 Å². The van der Waals surface area contributed by atoms with Crippen molar-refractivity contribution in [3.05, 3.63) is 82.9 Å². The number of benzene rings is 4. The fraction of sp³-hybridized carbons (Fsp3) is 0.512. The van der Waals surface area contributed by atoms with Gasteiger partial charge in [-0.1, -0.05) is 126 Å². The first kappa shape index (κ1) is 35.7. The highest BCUT2D eigenvalue weighted by Crippen LogP contribution is 2.40. The lowest BCUT2D eigenvalue weighted by atomic mass is 9.82. The third kappa shape index (κ3) is 9.46. The second kappa shape index (κ2) is 13.9. The summed E-state index contributed by atoms with van der Waals surface area (Å²) < 4.78 is 12.9. The fourth-order valence-electron chi connectivity index (χ4n) is 5.66. The smallest absolute Gasteiger partial charge is 0.127 e. The molecule has 0 aliphatic carbocycles. The summed E-state index contributed by atoms with van der Waals surface area (Å²) in [5, 5.41) is 5.12. The Labute approximate surface area is 278 Å². The molecule has 244 valence electrons. The molecule has 0 N–H and O–H groups in total. The van der Waals surface area contributed by atoms with Gasteiger partial charge in [0, 0.05) is 23.5 Å². The van der Waals surface area contributed by atoms with Crippen LogP contribution in [0, 0.1) is 0 Å². The number of fused-ring (bicyclic) bond motifs is 2. The zero-order chi connectivity index (χ0) is 33.2. The molecular weight excluding hydrogens is 586 g/mol. The van der Waals surface area contributed by atoms with E-state index in [9.17, 15) is 0 Å². The molecule has 4 heteroatoms. The molecule has 4 aromatic carbocycles. The summed E-state index contributed by atoms with van der Waals surface area (Å²) in [4.78, 5) is 0. The van der Waals surface area contributed by atoms with Gasteiger partial charge in [-0.3, -0.25) is 0 Å². The second-order valence-corrected chi connectivity index (χ2v) is 18.9. The van der Waals surface area contributed by atoms with Crippen LogP contribution in [0.1, 0.15) is 125 Å². The molecule has 0 aliphatic heterocycles. The standard InChI is InChI=1S/C41H58O2P2/c1-38(2,3)32-18-16-28-26-36(34(40(7,8)9)24-30(28)22-32)42-44-20-14-13-15-21-45-43-37-27-29-17-19-33(39(4,5)6)23-31(29)25-35(37)41(10,11)12/h16-19,22-27,44-45H,13-15,20-21H2,1-12H3. The molecule has 0 aliphatic rings. The van der Waals surface area contributed by atoms with Crippen molar-refractivity contribution in [3.8, 4) is 11.5 Å². The first-order chi connectivity index (χ1) is 20.8. The van der Waals surface area contributed by atoms with Gasteiger partial charge in [0.1, 0.15) is 11.5 Å². The minimum atomic E-state index is 0.0277. The Kier molecular flexibility index (Phi) is 11.0. The number of rotatable bonds is 10. The molecule has 0 bridgehead atoms. The van der Waals surface area contributed by atoms with Crippen LogP contribution < -0.4 is 9.05 Å². The third-order valence-electron chi connectivity index (χ3n) is 8.65. The average molecular weight is 645 g/mol. The van der Waals surface area contributed by atoms with E-state index in [1.807, 2.05) is 0 Å². The van der Waals surface area contributed by atoms with Crippen molar-refractivity contribution in [2.75, 3.05) is 12.3 Å². The lowest BCUT2D eigenvalue weighted by Crippen LogP contribution is -2.13. The Morgan fingerprint density at radius 1 is 0.422 bits per heavy atom. The van der Waals surface area contributed by atoms with E-state index < -0.39 is 0 Å². The van der Waals surface area contributed by atoms with Gasteiger partial charge in [-0.2, -0.15) is 0 Å². The highest BCUT2D eigenvalue weighted by Gasteiger charge is 2.23. The van der Waals surface area contributed by atoms with Crippen LogP contribution >= 0.6 is 17.6 Å². The monoisotopic (exact) mass is 644 g/mol. The molecule has 2 unspecified atom stereocenters. The Hall–Kier alpha value is -2.14. The van der Waals surface area contributed by atoms with Crippen molar-refractivity contribution < 1.29 is 9.05 Å². The van der Waals surface area contributed by atoms with Crippen molar-refractivity contribution in [2.24, 2.45) is 0 Å². The van der Waals surface area contributed by atoms with E-state index in [2.05, 4.69) is 144 Å². The molecule has 0 fully saturated rings. The van der Waals surface area contributed by atoms with Crippen LogP contribution in [0.3, 0.4) is 0 Å². The summed E-state index contributed by atoms with van der Waals surface area (Å²) in [6, 6.07) is 23.0. The van der Waals surface area contributed by atoms with Crippen LogP contribution in [-0.4, -0.2) is 12.3 Å². The van der Waals surface area contributed by atoms with E-state index in [1.54, 1.807) is 0 Å². The van der Waals surface area contributed by atoms with Crippen LogP contribution in [0.25, 0.3) is 21.5 Å². The summed E-state index contributed by atoms with van der Waals surface area (Å²) in [6.07, 6.45) is 5.80. The molecule has 0 aromatic heterocycles. The van der Waals surface area contributed by atoms with Crippen LogP contribution in [0.15, 0.2) is 60.7 Å². The van der Waals surface area contributed by atoms with Crippen LogP contribution in [0.2, 0.25) is 0 Å². The molecule has 0 spiro atoms. The van der Waals surface area contributed by atoms with Crippen molar-refractivity contribution in [2.45, 2.75) is 124 Å². The summed E-state index contributed by atoms with van der Waals surface area (Å²) in [7, 11) is 0.966. The Balaban J connectivity index is 1.28. The molecule has 4 aromatic rings. The van der Waals surface area contributed by atoms with Gasteiger partial charge < -0.3 is 9.05 Å². The lowest BCUT2D eigenvalue weighted by molar-refractivity contribution is 0.541. The number of unbranched alkanes of at least 4 members (excludes halogenated alkanes) is 2. The van der Waals surface area contributed by atoms with Gasteiger partial charge >= 0.3 is 0 Å². The second-order valence-electron chi connectivity index (χ2n) is 16.9. The summed E-state index contributed by atoms with van der Waals surface area (Å²) in [5.41, 5.74) is 5.68. The topological polar surface area (TPSA) is 18.5 Å². The normalized spacial score (nSPS) is 13.6. The molecule has 2 atom stereocenters. The van der Waals surface area contributed by atoms with Crippen molar-refractivity contribution in [1.82, 2.24) is 0 Å². The van der Waals surface area contributed by atoms with Gasteiger partial charge in [-0.15, -0.1) is 0 Å². The van der Waals surface area contributed by atoms with Gasteiger partial charge in [-0.05, 0) is 91.4 Å². The first-order valence-corrected chi connectivity index (χ1v) is 19.0. The Morgan fingerprint density at radius 3 is 1.13 bits per heavy atom. The SMILES string of the molecule is CC(C)(C)c1ccc2cc(OPCCCCCPOc3cc4ccc(C(C)(C)C)cc4cc3C(C)(C)C)c(C(C)(C)C)cc2c1. The number of hydrogen-bond acceptors (Lipinski definition) is 2. The zero-order valence-corrected chi connectivity index (χ0v) is 32.1. The molecule has 2 nitrogen and oxygen atoms in total. The Morgan fingerprint density at radius 2 is 0.800 bits per heavy atom. The molecule has 0 saturated heterocycles. The molecule has 0 radical (unpaired) electrons. The van der Waals surface area contributed by atoms with Crippen molar-refractivity contribution in [3.63, 3.8) is 0 Å². The fourth-order valence-corrected chi connectivity index (χ4v) is 7.30. The maximum Gasteiger partial charge on any atom is 0.127 e. The molecule has 0 amide bonds. The molecule has 4 rings (SSSR count). The highest BCUT2D eigenvalue weighted by atomic mass is 31.1. The minimum absolute atomic E-state index is 0.0277. The maximum absolute atomic E-state index is 6.47. The predicted molar refractivity (Wildman–Crippen MR) is 204 cm³/mol. The average Bonchev–Trinajstić information content (AvgIpc) is 2.92. The summed E-state index contributed by atoms with van der Waals surface area (Å²) in [5.74, 6) is 2.10. The maximum atomic E-state index is 6.47. The third-order valence-corrected chi connectivity index (χ3v) is 10.5. The van der Waals surface area contributed by atoms with E-state index in [-0.39, 0.29) is 21.7 Å². The van der Waals surface area contributed by atoms with E-state index in [1.165, 1.54) is 63.1 Å². The minimum Gasteiger partial charge on any atom is -0.477 e. The van der Waals surface area contributed by atoms with Gasteiger partial charge in [0.25, 0.3) is 0 Å². The molecule has 0 saturated carbocycles. The first-order valence-electron chi connectivity index (χ1n) is 16.8. The van der Waals surface area contributed by atoms with Crippen molar-refractivity contribution in [1.29, 1.82) is 0 Å². The van der Waals surface area contributed by atoms with E-state index in [0.29, 0.717) is 17.6 Å². The summed E-state index contributed by atoms with van der Waals surface area (Å²) in [6.45, 7) is 27.4. The zero-order valence-electron chi connectivity index (χ0n) is 30.1. The molecule has 45 heavy (non-hydrogen) atoms. The molecule has 0 heterocycles. The van der Waals surface area contributed by atoms with E-state index in [4.69, 9.17) is 9.05 Å². The van der Waals surface area contributed by atoms with Crippen LogP contribution in [-0.2, 0) is 21.7 Å². The van der Waals surface area contributed by atoms with Crippen molar-refractivity contribution >= 4 is 39.2 Å². The molecular formula is C41H58O2P2. The quantitative estimate of drug-likeness (QED) is 0.126. The largest absolute Gasteiger partial charge is 0.477 e. The number of hydrogen-bond donors (Lipinski definition) is 0. The van der Waals surface area contributed by atoms with Crippen LogP contribution in [0.5, 0.6) is 11.5 Å². The lowest BCUT2D eigenvalue weighted by Gasteiger charge is -2.25. The van der Waals surface area contributed by atoms with Gasteiger partial charge in [-0.25, -0.2) is 0 Å². The highest BCUT2D eigenvalue weighted by molar-refractivity contribution is 7.33. The van der Waals surface area contributed by atoms with Gasteiger partial charge in [0.15, 0.2) is 0 Å². The Bertz CT molecular complexity index is 1490. The van der Waals surface area contributed by atoms with Crippen LogP contribution in [0.4, 0.5) is 0 Å². The predicted octanol–water partition coefficient (Wildman–Crippen LogP) is 13.0. The van der Waals surface area contributed by atoms with Gasteiger partial charge in [0.05, 0.1) is 17.6 Å². The van der Waals surface area contributed by atoms with E-state index in [0.717, 1.165) is 23.8 Å².